The molecule has 33 heavy (non-hydrogen) atoms. The Bertz CT molecular complexity index is 1320. The minimum absolute atomic E-state index is 0.177. The van der Waals surface area contributed by atoms with E-state index < -0.39 is 5.91 Å². The number of hydrogen-bond acceptors (Lipinski definition) is 5. The largest absolute Gasteiger partial charge is 0.362 e. The number of nitrogens with one attached hydrogen (secondary N) is 2. The second-order valence-electron chi connectivity index (χ2n) is 7.96. The van der Waals surface area contributed by atoms with Gasteiger partial charge < -0.3 is 4.90 Å². The van der Waals surface area contributed by atoms with E-state index in [9.17, 15) is 9.59 Å². The summed E-state index contributed by atoms with van der Waals surface area (Å²) < 4.78 is 0. The van der Waals surface area contributed by atoms with E-state index in [2.05, 4.69) is 26.9 Å². The molecule has 7 nitrogen and oxygen atoms in total. The Balaban J connectivity index is 1.33. The van der Waals surface area contributed by atoms with Crippen molar-refractivity contribution < 1.29 is 9.59 Å². The van der Waals surface area contributed by atoms with E-state index in [1.165, 1.54) is 5.56 Å². The third-order valence-electron chi connectivity index (χ3n) is 5.79. The van der Waals surface area contributed by atoms with Gasteiger partial charge in [-0.15, -0.1) is 0 Å². The van der Waals surface area contributed by atoms with Gasteiger partial charge >= 0.3 is 0 Å². The van der Waals surface area contributed by atoms with E-state index in [0.29, 0.717) is 22.2 Å². The number of pyridine rings is 2. The number of anilines is 1. The summed E-state index contributed by atoms with van der Waals surface area (Å²) in [7, 11) is 0. The number of aromatic nitrogens is 2. The minimum Gasteiger partial charge on any atom is -0.362 e. The number of amides is 2. The van der Waals surface area contributed by atoms with Crippen LogP contribution in [-0.2, 0) is 11.2 Å². The van der Waals surface area contributed by atoms with Crippen LogP contribution in [0.15, 0.2) is 79.1 Å². The van der Waals surface area contributed by atoms with Crippen molar-refractivity contribution in [2.75, 3.05) is 18.0 Å². The molecule has 3 heterocycles. The van der Waals surface area contributed by atoms with Gasteiger partial charge in [-0.05, 0) is 48.7 Å². The van der Waals surface area contributed by atoms with Gasteiger partial charge in [-0.25, -0.2) is 4.98 Å². The Hall–Kier alpha value is -4.26. The molecule has 0 fully saturated rings. The standard InChI is InChI=1S/C26H23N5O2/c32-25(17-31-15-5-7-19-6-1-4-10-24(19)31)29-30-26(33)21-16-23(18-11-13-27-14-12-18)28-22-9-3-2-8-20(21)22/h1-4,6,8-14,16H,5,7,15,17H2,(H,29,32)(H,30,33). The molecular formula is C26H23N5O2. The fraction of sp³-hybridized carbons (Fsp3) is 0.154. The van der Waals surface area contributed by atoms with Gasteiger partial charge in [-0.2, -0.15) is 0 Å². The van der Waals surface area contributed by atoms with Crippen LogP contribution in [-0.4, -0.2) is 34.9 Å². The summed E-state index contributed by atoms with van der Waals surface area (Å²) in [4.78, 5) is 36.4. The normalized spacial score (nSPS) is 12.8. The van der Waals surface area contributed by atoms with Crippen LogP contribution in [0.1, 0.15) is 22.3 Å². The molecule has 164 valence electrons. The van der Waals surface area contributed by atoms with Crippen LogP contribution < -0.4 is 15.8 Å². The van der Waals surface area contributed by atoms with Crippen molar-refractivity contribution in [1.82, 2.24) is 20.8 Å². The summed E-state index contributed by atoms with van der Waals surface area (Å²) in [6.45, 7) is 0.985. The van der Waals surface area contributed by atoms with Crippen LogP contribution in [0, 0.1) is 0 Å². The average Bonchev–Trinajstić information content (AvgIpc) is 2.87. The Morgan fingerprint density at radius 3 is 2.61 bits per heavy atom. The van der Waals surface area contributed by atoms with E-state index in [1.54, 1.807) is 18.5 Å². The molecule has 2 aromatic carbocycles. The predicted octanol–water partition coefficient (Wildman–Crippen LogP) is 3.51. The third kappa shape index (κ3) is 4.39. The average molecular weight is 438 g/mol. The maximum Gasteiger partial charge on any atom is 0.270 e. The number of fused-ring (bicyclic) bond motifs is 2. The Morgan fingerprint density at radius 1 is 0.939 bits per heavy atom. The predicted molar refractivity (Wildman–Crippen MR) is 128 cm³/mol. The number of hydrazine groups is 1. The van der Waals surface area contributed by atoms with E-state index >= 15 is 0 Å². The van der Waals surface area contributed by atoms with Gasteiger partial charge in [0.25, 0.3) is 11.8 Å². The summed E-state index contributed by atoms with van der Waals surface area (Å²) in [6, 6.07) is 21.0. The fourth-order valence-electron chi connectivity index (χ4n) is 4.22. The van der Waals surface area contributed by atoms with Gasteiger partial charge in [0.2, 0.25) is 0 Å². The Kier molecular flexibility index (Phi) is 5.68. The molecule has 0 atom stereocenters. The zero-order valence-electron chi connectivity index (χ0n) is 18.0. The lowest BCUT2D eigenvalue weighted by atomic mass is 10.0. The monoisotopic (exact) mass is 437 g/mol. The molecule has 2 N–H and O–H groups in total. The molecule has 0 bridgehead atoms. The smallest absolute Gasteiger partial charge is 0.270 e. The molecule has 0 saturated carbocycles. The number of carbonyl (C=O) groups excluding carboxylic acids is 2. The van der Waals surface area contributed by atoms with Crippen LogP contribution in [0.4, 0.5) is 5.69 Å². The fourth-order valence-corrected chi connectivity index (χ4v) is 4.22. The van der Waals surface area contributed by atoms with Crippen molar-refractivity contribution in [3.63, 3.8) is 0 Å². The van der Waals surface area contributed by atoms with E-state index in [1.807, 2.05) is 59.5 Å². The van der Waals surface area contributed by atoms with E-state index in [0.717, 1.165) is 30.6 Å². The van der Waals surface area contributed by atoms with Crippen molar-refractivity contribution in [3.8, 4) is 11.3 Å². The number of nitrogens with zero attached hydrogens (tertiary/aromatic N) is 3. The van der Waals surface area contributed by atoms with Crippen molar-refractivity contribution in [3.05, 3.63) is 90.3 Å². The van der Waals surface area contributed by atoms with Crippen LogP contribution in [0.3, 0.4) is 0 Å². The maximum atomic E-state index is 13.1. The SMILES string of the molecule is O=C(CN1CCCc2ccccc21)NNC(=O)c1cc(-c2ccncc2)nc2ccccc12. The lowest BCUT2D eigenvalue weighted by Crippen LogP contribution is -2.47. The van der Waals surface area contributed by atoms with Crippen LogP contribution >= 0.6 is 0 Å². The van der Waals surface area contributed by atoms with Gasteiger partial charge in [0.05, 0.1) is 23.3 Å². The highest BCUT2D eigenvalue weighted by molar-refractivity contribution is 6.07. The van der Waals surface area contributed by atoms with Gasteiger partial charge in [0.15, 0.2) is 0 Å². The molecule has 0 unspecified atom stereocenters. The molecule has 0 spiro atoms. The molecule has 4 aromatic rings. The number of rotatable bonds is 4. The molecule has 0 saturated heterocycles. The van der Waals surface area contributed by atoms with Gasteiger partial charge in [0.1, 0.15) is 0 Å². The molecular weight excluding hydrogens is 414 g/mol. The zero-order valence-corrected chi connectivity index (χ0v) is 18.0. The summed E-state index contributed by atoms with van der Waals surface area (Å²) in [5, 5.41) is 0.715. The molecule has 1 aliphatic heterocycles. The second kappa shape index (κ2) is 9.08. The van der Waals surface area contributed by atoms with Crippen molar-refractivity contribution in [1.29, 1.82) is 0 Å². The number of para-hydroxylation sites is 2. The highest BCUT2D eigenvalue weighted by atomic mass is 16.2. The van der Waals surface area contributed by atoms with E-state index in [4.69, 9.17) is 0 Å². The zero-order chi connectivity index (χ0) is 22.6. The van der Waals surface area contributed by atoms with Crippen molar-refractivity contribution >= 4 is 28.4 Å². The summed E-state index contributed by atoms with van der Waals surface area (Å²) in [5.74, 6) is -0.663. The van der Waals surface area contributed by atoms with Crippen LogP contribution in [0.2, 0.25) is 0 Å². The van der Waals surface area contributed by atoms with Crippen LogP contribution in [0.5, 0.6) is 0 Å². The first-order chi connectivity index (χ1) is 16.2. The molecule has 2 amide bonds. The highest BCUT2D eigenvalue weighted by Gasteiger charge is 2.19. The number of benzene rings is 2. The second-order valence-corrected chi connectivity index (χ2v) is 7.96. The number of aryl methyl sites for hydroxylation is 1. The molecule has 0 radical (unpaired) electrons. The van der Waals surface area contributed by atoms with E-state index in [-0.39, 0.29) is 12.5 Å². The van der Waals surface area contributed by atoms with Gasteiger partial charge in [-0.3, -0.25) is 25.4 Å². The van der Waals surface area contributed by atoms with Crippen LogP contribution in [0.25, 0.3) is 22.2 Å². The van der Waals surface area contributed by atoms with Crippen molar-refractivity contribution in [2.24, 2.45) is 0 Å². The quantitative estimate of drug-likeness (QED) is 0.477. The summed E-state index contributed by atoms with van der Waals surface area (Å²) in [5.41, 5.74) is 10.1. The first kappa shape index (κ1) is 20.6. The Labute approximate surface area is 191 Å². The molecule has 0 aliphatic carbocycles. The minimum atomic E-state index is -0.392. The molecule has 1 aliphatic rings. The lowest BCUT2D eigenvalue weighted by molar-refractivity contribution is -0.120. The first-order valence-corrected chi connectivity index (χ1v) is 10.9. The molecule has 2 aromatic heterocycles. The first-order valence-electron chi connectivity index (χ1n) is 10.9. The van der Waals surface area contributed by atoms with Gasteiger partial charge in [-0.1, -0.05) is 36.4 Å². The number of carbonyl (C=O) groups is 2. The maximum absolute atomic E-state index is 13.1. The molecule has 7 heteroatoms. The number of hydrogen-bond donors (Lipinski definition) is 2. The Morgan fingerprint density at radius 2 is 1.73 bits per heavy atom. The summed E-state index contributed by atoms with van der Waals surface area (Å²) in [6.07, 6.45) is 5.38. The highest BCUT2D eigenvalue weighted by Crippen LogP contribution is 2.26. The van der Waals surface area contributed by atoms with Crippen molar-refractivity contribution in [2.45, 2.75) is 12.8 Å². The lowest BCUT2D eigenvalue weighted by Gasteiger charge is -2.30. The topological polar surface area (TPSA) is 87.2 Å². The summed E-state index contributed by atoms with van der Waals surface area (Å²) >= 11 is 0. The molecule has 5 rings (SSSR count). The van der Waals surface area contributed by atoms with Gasteiger partial charge in [0, 0.05) is 35.6 Å². The third-order valence-corrected chi connectivity index (χ3v) is 5.79.